The average molecular weight is 245 g/mol. The van der Waals surface area contributed by atoms with Gasteiger partial charge in [-0.2, -0.15) is 5.10 Å². The van der Waals surface area contributed by atoms with Crippen molar-refractivity contribution in [2.24, 2.45) is 5.41 Å². The van der Waals surface area contributed by atoms with Crippen LogP contribution in [0.15, 0.2) is 17.3 Å². The molecule has 1 aliphatic rings. The van der Waals surface area contributed by atoms with E-state index < -0.39 is 21.5 Å². The first kappa shape index (κ1) is 11.6. The summed E-state index contributed by atoms with van der Waals surface area (Å²) in [6, 6.07) is 1.15. The minimum Gasteiger partial charge on any atom is -0.392 e. The van der Waals surface area contributed by atoms with Gasteiger partial charge in [-0.3, -0.25) is 5.10 Å². The lowest BCUT2D eigenvalue weighted by Gasteiger charge is -2.49. The minimum atomic E-state index is -3.55. The Morgan fingerprint density at radius 3 is 2.75 bits per heavy atom. The third-order valence-corrected chi connectivity index (χ3v) is 4.68. The molecule has 0 saturated heterocycles. The van der Waals surface area contributed by atoms with E-state index in [4.69, 9.17) is 0 Å². The van der Waals surface area contributed by atoms with E-state index in [2.05, 4.69) is 14.9 Å². The zero-order valence-corrected chi connectivity index (χ0v) is 9.95. The molecule has 0 aliphatic heterocycles. The van der Waals surface area contributed by atoms with E-state index in [-0.39, 0.29) is 11.1 Å². The van der Waals surface area contributed by atoms with Crippen LogP contribution in [0.1, 0.15) is 20.3 Å². The number of nitrogens with zero attached hydrogens (tertiary/aromatic N) is 1. The summed E-state index contributed by atoms with van der Waals surface area (Å²) >= 11 is 0. The summed E-state index contributed by atoms with van der Waals surface area (Å²) in [5, 5.41) is 15.6. The Balaban J connectivity index is 2.12. The lowest BCUT2D eigenvalue weighted by molar-refractivity contribution is -0.0645. The third kappa shape index (κ3) is 1.74. The Morgan fingerprint density at radius 1 is 1.62 bits per heavy atom. The van der Waals surface area contributed by atoms with Gasteiger partial charge in [-0.05, 0) is 12.5 Å². The second kappa shape index (κ2) is 3.54. The van der Waals surface area contributed by atoms with Gasteiger partial charge in [-0.15, -0.1) is 0 Å². The highest BCUT2D eigenvalue weighted by atomic mass is 32.2. The predicted octanol–water partition coefficient (Wildman–Crippen LogP) is -0.153. The molecule has 2 unspecified atom stereocenters. The van der Waals surface area contributed by atoms with Gasteiger partial charge in [-0.1, -0.05) is 13.8 Å². The van der Waals surface area contributed by atoms with Gasteiger partial charge in [0.15, 0.2) is 5.03 Å². The molecule has 1 aromatic rings. The highest BCUT2D eigenvalue weighted by Crippen LogP contribution is 2.40. The van der Waals surface area contributed by atoms with E-state index in [1.807, 2.05) is 13.8 Å². The summed E-state index contributed by atoms with van der Waals surface area (Å²) in [4.78, 5) is 0. The van der Waals surface area contributed by atoms with Gasteiger partial charge in [0.2, 0.25) is 0 Å². The molecule has 0 aromatic carbocycles. The van der Waals surface area contributed by atoms with Crippen molar-refractivity contribution in [3.05, 3.63) is 12.3 Å². The summed E-state index contributed by atoms with van der Waals surface area (Å²) in [6.07, 6.45) is 1.37. The van der Waals surface area contributed by atoms with Crippen LogP contribution in [0, 0.1) is 5.41 Å². The quantitative estimate of drug-likeness (QED) is 0.690. The molecule has 1 saturated carbocycles. The van der Waals surface area contributed by atoms with Crippen molar-refractivity contribution in [2.75, 3.05) is 0 Å². The molecule has 90 valence electrons. The maximum absolute atomic E-state index is 11.8. The molecule has 2 atom stereocenters. The molecule has 1 aliphatic carbocycles. The van der Waals surface area contributed by atoms with Gasteiger partial charge in [0.1, 0.15) is 0 Å². The van der Waals surface area contributed by atoms with Crippen molar-refractivity contribution in [1.82, 2.24) is 14.9 Å². The molecule has 1 fully saturated rings. The molecule has 1 aromatic heterocycles. The molecule has 2 rings (SSSR count). The monoisotopic (exact) mass is 245 g/mol. The van der Waals surface area contributed by atoms with Crippen molar-refractivity contribution in [3.8, 4) is 0 Å². The van der Waals surface area contributed by atoms with Crippen LogP contribution in [-0.4, -0.2) is 35.9 Å². The Labute approximate surface area is 94.1 Å². The summed E-state index contributed by atoms with van der Waals surface area (Å²) < 4.78 is 26.2. The molecule has 0 radical (unpaired) electrons. The van der Waals surface area contributed by atoms with Crippen molar-refractivity contribution in [2.45, 2.75) is 37.4 Å². The lowest BCUT2D eigenvalue weighted by atomic mass is 9.65. The van der Waals surface area contributed by atoms with Crippen molar-refractivity contribution >= 4 is 10.0 Å². The van der Waals surface area contributed by atoms with Crippen LogP contribution in [0.5, 0.6) is 0 Å². The van der Waals surface area contributed by atoms with Crippen molar-refractivity contribution in [1.29, 1.82) is 0 Å². The van der Waals surface area contributed by atoms with Crippen LogP contribution >= 0.6 is 0 Å². The van der Waals surface area contributed by atoms with Gasteiger partial charge in [0.05, 0.1) is 12.3 Å². The zero-order chi connectivity index (χ0) is 12.0. The van der Waals surface area contributed by atoms with E-state index >= 15 is 0 Å². The number of H-pyrrole nitrogens is 1. The SMILES string of the molecule is CC1(C)C(O)CC1NS(=O)(=O)c1ccn[nH]1. The summed E-state index contributed by atoms with van der Waals surface area (Å²) in [5.74, 6) is 0. The number of aliphatic hydroxyl groups is 1. The number of rotatable bonds is 3. The first-order chi connectivity index (χ1) is 7.34. The maximum Gasteiger partial charge on any atom is 0.257 e. The molecule has 1 heterocycles. The predicted molar refractivity (Wildman–Crippen MR) is 57.1 cm³/mol. The highest BCUT2D eigenvalue weighted by Gasteiger charge is 2.49. The number of sulfonamides is 1. The first-order valence-electron chi connectivity index (χ1n) is 5.04. The Kier molecular flexibility index (Phi) is 2.56. The van der Waals surface area contributed by atoms with Crippen LogP contribution in [0.25, 0.3) is 0 Å². The maximum atomic E-state index is 11.8. The summed E-state index contributed by atoms with van der Waals surface area (Å²) in [6.45, 7) is 3.67. The van der Waals surface area contributed by atoms with Crippen molar-refractivity contribution in [3.63, 3.8) is 0 Å². The Morgan fingerprint density at radius 2 is 2.31 bits per heavy atom. The smallest absolute Gasteiger partial charge is 0.257 e. The molecule has 0 bridgehead atoms. The van der Waals surface area contributed by atoms with E-state index in [0.717, 1.165) is 0 Å². The highest BCUT2D eigenvalue weighted by molar-refractivity contribution is 7.89. The fourth-order valence-corrected chi connectivity index (χ4v) is 3.06. The second-order valence-electron chi connectivity index (χ2n) is 4.67. The van der Waals surface area contributed by atoms with E-state index in [9.17, 15) is 13.5 Å². The summed E-state index contributed by atoms with van der Waals surface area (Å²) in [7, 11) is -3.55. The minimum absolute atomic E-state index is 0.0460. The second-order valence-corrected chi connectivity index (χ2v) is 6.35. The molecule has 6 nitrogen and oxygen atoms in total. The van der Waals surface area contributed by atoms with Crippen LogP contribution in [0.2, 0.25) is 0 Å². The molecular formula is C9H15N3O3S. The largest absolute Gasteiger partial charge is 0.392 e. The first-order valence-corrected chi connectivity index (χ1v) is 6.52. The molecule has 3 N–H and O–H groups in total. The van der Waals surface area contributed by atoms with Crippen LogP contribution < -0.4 is 4.72 Å². The van der Waals surface area contributed by atoms with Gasteiger partial charge in [0.25, 0.3) is 10.0 Å². The molecule has 16 heavy (non-hydrogen) atoms. The van der Waals surface area contributed by atoms with Gasteiger partial charge >= 0.3 is 0 Å². The van der Waals surface area contributed by atoms with Gasteiger partial charge in [0, 0.05) is 11.5 Å². The van der Waals surface area contributed by atoms with E-state index in [1.165, 1.54) is 12.3 Å². The Hall–Kier alpha value is -0.920. The third-order valence-electron chi connectivity index (χ3n) is 3.28. The number of nitrogens with one attached hydrogen (secondary N) is 2. The molecule has 7 heteroatoms. The number of aromatic nitrogens is 2. The fraction of sp³-hybridized carbons (Fsp3) is 0.667. The Bertz CT molecular complexity index is 466. The van der Waals surface area contributed by atoms with Gasteiger partial charge < -0.3 is 5.11 Å². The average Bonchev–Trinajstić information content (AvgIpc) is 2.70. The van der Waals surface area contributed by atoms with Crippen molar-refractivity contribution < 1.29 is 13.5 Å². The van der Waals surface area contributed by atoms with Crippen LogP contribution in [0.4, 0.5) is 0 Å². The van der Waals surface area contributed by atoms with Crippen LogP contribution in [-0.2, 0) is 10.0 Å². The number of aromatic amines is 1. The lowest BCUT2D eigenvalue weighted by Crippen LogP contribution is -2.61. The zero-order valence-electron chi connectivity index (χ0n) is 9.14. The fourth-order valence-electron chi connectivity index (χ4n) is 1.75. The standard InChI is InChI=1S/C9H15N3O3S/c1-9(2)6(5-7(9)13)12-16(14,15)8-3-4-10-11-8/h3-4,6-7,12-13H,5H2,1-2H3,(H,10,11). The van der Waals surface area contributed by atoms with Crippen LogP contribution in [0.3, 0.4) is 0 Å². The number of hydrogen-bond donors (Lipinski definition) is 3. The van der Waals surface area contributed by atoms with E-state index in [1.54, 1.807) is 0 Å². The molecular weight excluding hydrogens is 230 g/mol. The molecule has 0 spiro atoms. The number of aliphatic hydroxyl groups excluding tert-OH is 1. The van der Waals surface area contributed by atoms with Gasteiger partial charge in [-0.25, -0.2) is 13.1 Å². The molecule has 0 amide bonds. The van der Waals surface area contributed by atoms with E-state index in [0.29, 0.717) is 6.42 Å². The topological polar surface area (TPSA) is 95.1 Å². The summed E-state index contributed by atoms with van der Waals surface area (Å²) in [5.41, 5.74) is -0.424. The normalized spacial score (nSPS) is 28.7. The number of hydrogen-bond acceptors (Lipinski definition) is 4.